The summed E-state index contributed by atoms with van der Waals surface area (Å²) in [5, 5.41) is 4.92. The Balaban J connectivity index is 1.57. The number of hydrogen-bond acceptors (Lipinski definition) is 4. The van der Waals surface area contributed by atoms with E-state index < -0.39 is 0 Å². The van der Waals surface area contributed by atoms with Crippen molar-refractivity contribution in [2.24, 2.45) is 5.92 Å². The van der Waals surface area contributed by atoms with E-state index in [-0.39, 0.29) is 11.8 Å². The highest BCUT2D eigenvalue weighted by molar-refractivity contribution is 5.78. The molecule has 2 heterocycles. The minimum Gasteiger partial charge on any atom is -0.497 e. The number of ether oxygens (including phenoxy) is 1. The summed E-state index contributed by atoms with van der Waals surface area (Å²) < 4.78 is 7.26. The molecule has 1 saturated heterocycles. The fraction of sp³-hybridized carbons (Fsp3) is 0.360. The van der Waals surface area contributed by atoms with Gasteiger partial charge in [0.15, 0.2) is 0 Å². The van der Waals surface area contributed by atoms with E-state index >= 15 is 0 Å². The van der Waals surface area contributed by atoms with E-state index in [1.165, 1.54) is 5.56 Å². The number of para-hydroxylation sites is 1. The molecule has 1 fully saturated rings. The average Bonchev–Trinajstić information content (AvgIpc) is 3.23. The first-order valence-corrected chi connectivity index (χ1v) is 10.8. The Morgan fingerprint density at radius 1 is 1.00 bits per heavy atom. The number of piperazine rings is 1. The van der Waals surface area contributed by atoms with Crippen LogP contribution in [0.1, 0.15) is 19.4 Å². The monoisotopic (exact) mass is 418 g/mol. The van der Waals surface area contributed by atoms with Gasteiger partial charge in [-0.15, -0.1) is 0 Å². The number of carbonyl (C=O) groups excluding carboxylic acids is 1. The lowest BCUT2D eigenvalue weighted by atomic mass is 10.1. The third kappa shape index (κ3) is 4.80. The molecular weight excluding hydrogens is 388 g/mol. The normalized spacial score (nSPS) is 14.8. The second kappa shape index (κ2) is 9.35. The summed E-state index contributed by atoms with van der Waals surface area (Å²) in [5.74, 6) is 1.13. The molecule has 162 valence electrons. The van der Waals surface area contributed by atoms with Crippen molar-refractivity contribution in [2.75, 3.05) is 33.3 Å². The first-order chi connectivity index (χ1) is 15.0. The van der Waals surface area contributed by atoms with Crippen LogP contribution in [-0.4, -0.2) is 58.8 Å². The van der Waals surface area contributed by atoms with E-state index in [1.807, 2.05) is 53.8 Å². The number of benzene rings is 2. The van der Waals surface area contributed by atoms with Crippen LogP contribution in [0.15, 0.2) is 60.8 Å². The smallest absolute Gasteiger partial charge is 0.225 e. The summed E-state index contributed by atoms with van der Waals surface area (Å²) in [4.78, 5) is 16.7. The molecular formula is C25H30N4O2. The van der Waals surface area contributed by atoms with Gasteiger partial charge in [-0.2, -0.15) is 5.10 Å². The number of nitrogens with zero attached hydrogens (tertiary/aromatic N) is 4. The first-order valence-electron chi connectivity index (χ1n) is 10.8. The average molecular weight is 419 g/mol. The van der Waals surface area contributed by atoms with Gasteiger partial charge in [0.05, 0.1) is 18.5 Å². The van der Waals surface area contributed by atoms with Gasteiger partial charge in [0.25, 0.3) is 0 Å². The molecule has 0 radical (unpaired) electrons. The van der Waals surface area contributed by atoms with Crippen LogP contribution < -0.4 is 4.74 Å². The van der Waals surface area contributed by atoms with Crippen molar-refractivity contribution in [3.8, 4) is 22.7 Å². The lowest BCUT2D eigenvalue weighted by Crippen LogP contribution is -2.49. The Labute approximate surface area is 184 Å². The Morgan fingerprint density at radius 3 is 2.29 bits per heavy atom. The predicted octanol–water partition coefficient (Wildman–Crippen LogP) is 3.85. The van der Waals surface area contributed by atoms with Gasteiger partial charge in [-0.1, -0.05) is 32.0 Å². The molecule has 1 amide bonds. The van der Waals surface area contributed by atoms with Crippen LogP contribution >= 0.6 is 0 Å². The topological polar surface area (TPSA) is 50.6 Å². The van der Waals surface area contributed by atoms with Crippen LogP contribution in [-0.2, 0) is 11.3 Å². The summed E-state index contributed by atoms with van der Waals surface area (Å²) in [7, 11) is 1.67. The van der Waals surface area contributed by atoms with Crippen LogP contribution in [0.25, 0.3) is 16.9 Å². The van der Waals surface area contributed by atoms with Gasteiger partial charge in [0.1, 0.15) is 5.75 Å². The zero-order valence-corrected chi connectivity index (χ0v) is 18.5. The highest BCUT2D eigenvalue weighted by Gasteiger charge is 2.24. The number of hydrogen-bond donors (Lipinski definition) is 0. The molecule has 4 rings (SSSR count). The summed E-state index contributed by atoms with van der Waals surface area (Å²) in [6, 6.07) is 18.2. The third-order valence-electron chi connectivity index (χ3n) is 5.75. The van der Waals surface area contributed by atoms with E-state index in [0.717, 1.165) is 55.4 Å². The Morgan fingerprint density at radius 2 is 1.68 bits per heavy atom. The number of carbonyl (C=O) groups is 1. The Kier molecular flexibility index (Phi) is 6.37. The van der Waals surface area contributed by atoms with Crippen LogP contribution in [0.3, 0.4) is 0 Å². The first kappa shape index (κ1) is 21.1. The molecule has 2 aromatic carbocycles. The minimum atomic E-state index is 0.0531. The number of amides is 1. The summed E-state index contributed by atoms with van der Waals surface area (Å²) in [6.45, 7) is 8.04. The van der Waals surface area contributed by atoms with Gasteiger partial charge < -0.3 is 9.64 Å². The molecule has 0 saturated carbocycles. The quantitative estimate of drug-likeness (QED) is 0.610. The van der Waals surface area contributed by atoms with Crippen molar-refractivity contribution < 1.29 is 9.53 Å². The predicted molar refractivity (Wildman–Crippen MR) is 122 cm³/mol. The summed E-state index contributed by atoms with van der Waals surface area (Å²) >= 11 is 0. The summed E-state index contributed by atoms with van der Waals surface area (Å²) in [5.41, 5.74) is 4.26. The number of aromatic nitrogens is 2. The summed E-state index contributed by atoms with van der Waals surface area (Å²) in [6.07, 6.45) is 2.13. The van der Waals surface area contributed by atoms with Gasteiger partial charge in [-0.3, -0.25) is 9.69 Å². The maximum atomic E-state index is 12.3. The molecule has 1 aliphatic rings. The second-order valence-corrected chi connectivity index (χ2v) is 8.27. The maximum Gasteiger partial charge on any atom is 0.225 e. The lowest BCUT2D eigenvalue weighted by molar-refractivity contribution is -0.136. The van der Waals surface area contributed by atoms with Crippen LogP contribution in [0.4, 0.5) is 0 Å². The Hall–Kier alpha value is -3.12. The van der Waals surface area contributed by atoms with E-state index in [4.69, 9.17) is 9.84 Å². The number of rotatable bonds is 6. The lowest BCUT2D eigenvalue weighted by Gasteiger charge is -2.35. The fourth-order valence-corrected chi connectivity index (χ4v) is 3.96. The van der Waals surface area contributed by atoms with Crippen LogP contribution in [0, 0.1) is 5.92 Å². The van der Waals surface area contributed by atoms with Gasteiger partial charge in [-0.05, 0) is 36.4 Å². The van der Waals surface area contributed by atoms with Gasteiger partial charge in [0, 0.05) is 56.0 Å². The molecule has 0 aliphatic carbocycles. The third-order valence-corrected chi connectivity index (χ3v) is 5.75. The van der Waals surface area contributed by atoms with Crippen LogP contribution in [0.2, 0.25) is 0 Å². The van der Waals surface area contributed by atoms with Crippen LogP contribution in [0.5, 0.6) is 5.75 Å². The van der Waals surface area contributed by atoms with E-state index in [1.54, 1.807) is 7.11 Å². The largest absolute Gasteiger partial charge is 0.497 e. The van der Waals surface area contributed by atoms with Crippen molar-refractivity contribution in [1.29, 1.82) is 0 Å². The van der Waals surface area contributed by atoms with Gasteiger partial charge >= 0.3 is 0 Å². The molecule has 0 spiro atoms. The SMILES string of the molecule is COc1ccc(-c2nn(-c3ccccc3)cc2CN2CCN(C(=O)C(C)C)CC2)cc1. The highest BCUT2D eigenvalue weighted by Crippen LogP contribution is 2.27. The molecule has 3 aromatic rings. The number of methoxy groups -OCH3 is 1. The van der Waals surface area contributed by atoms with Crippen molar-refractivity contribution in [1.82, 2.24) is 19.6 Å². The molecule has 0 atom stereocenters. The van der Waals surface area contributed by atoms with E-state index in [0.29, 0.717) is 0 Å². The molecule has 6 nitrogen and oxygen atoms in total. The molecule has 0 bridgehead atoms. The zero-order chi connectivity index (χ0) is 21.8. The molecule has 1 aliphatic heterocycles. The van der Waals surface area contributed by atoms with E-state index in [2.05, 4.69) is 35.4 Å². The Bertz CT molecular complexity index is 1000. The highest BCUT2D eigenvalue weighted by atomic mass is 16.5. The maximum absolute atomic E-state index is 12.3. The van der Waals surface area contributed by atoms with Crippen molar-refractivity contribution >= 4 is 5.91 Å². The fourth-order valence-electron chi connectivity index (χ4n) is 3.96. The van der Waals surface area contributed by atoms with Gasteiger partial charge in [0.2, 0.25) is 5.91 Å². The second-order valence-electron chi connectivity index (χ2n) is 8.27. The zero-order valence-electron chi connectivity index (χ0n) is 18.5. The van der Waals surface area contributed by atoms with Crippen molar-refractivity contribution in [3.05, 3.63) is 66.4 Å². The van der Waals surface area contributed by atoms with Crippen molar-refractivity contribution in [2.45, 2.75) is 20.4 Å². The van der Waals surface area contributed by atoms with Gasteiger partial charge in [-0.25, -0.2) is 4.68 Å². The molecule has 31 heavy (non-hydrogen) atoms. The van der Waals surface area contributed by atoms with Crippen molar-refractivity contribution in [3.63, 3.8) is 0 Å². The van der Waals surface area contributed by atoms with E-state index in [9.17, 15) is 4.79 Å². The molecule has 6 heteroatoms. The standard InChI is InChI=1S/C25H30N4O2/c1-19(2)25(30)28-15-13-27(14-16-28)17-21-18-29(22-7-5-4-6-8-22)26-24(21)20-9-11-23(31-3)12-10-20/h4-12,18-19H,13-17H2,1-3H3. The molecule has 0 N–H and O–H groups in total. The minimum absolute atomic E-state index is 0.0531. The molecule has 1 aromatic heterocycles. The molecule has 0 unspecified atom stereocenters.